The largest absolute Gasteiger partial charge is 0.496 e. The van der Waals surface area contributed by atoms with E-state index >= 15 is 0 Å². The fourth-order valence-electron chi connectivity index (χ4n) is 5.98. The minimum Gasteiger partial charge on any atom is -0.496 e. The molecule has 2 N–H and O–H groups in total. The van der Waals surface area contributed by atoms with Crippen LogP contribution in [-0.2, 0) is 17.6 Å². The molecule has 0 aromatic heterocycles. The van der Waals surface area contributed by atoms with Gasteiger partial charge in [0.2, 0.25) is 5.91 Å². The van der Waals surface area contributed by atoms with Crippen LogP contribution in [0.15, 0.2) is 12.1 Å². The minimum atomic E-state index is -0.443. The Balaban J connectivity index is 2.04. The summed E-state index contributed by atoms with van der Waals surface area (Å²) in [6.07, 6.45) is 1.47. The summed E-state index contributed by atoms with van der Waals surface area (Å²) < 4.78 is 23.1. The van der Waals surface area contributed by atoms with Gasteiger partial charge in [-0.25, -0.2) is 0 Å². The van der Waals surface area contributed by atoms with Crippen molar-refractivity contribution in [3.05, 3.63) is 45.5 Å². The van der Waals surface area contributed by atoms with Gasteiger partial charge >= 0.3 is 0 Å². The van der Waals surface area contributed by atoms with Gasteiger partial charge in [0.25, 0.3) is 0 Å². The average molecular weight is 485 g/mol. The van der Waals surface area contributed by atoms with Crippen LogP contribution in [0.25, 0.3) is 0 Å². The summed E-state index contributed by atoms with van der Waals surface area (Å²) in [7, 11) is 8.35. The second-order valence-electron chi connectivity index (χ2n) is 9.18. The van der Waals surface area contributed by atoms with Crippen LogP contribution in [0.2, 0.25) is 0 Å². The molecule has 0 fully saturated rings. The number of ether oxygens (including phenoxy) is 4. The van der Waals surface area contributed by atoms with Gasteiger partial charge in [0.1, 0.15) is 11.5 Å². The standard InChI is InChI=1S/C27H36N2O6/c1-14-10-16-11-21-17-13-22(32-4)15(2)25(34-6)18(17)12-19(28-3)27(31)29(21)20(8-9-30)23(16)26(35-7)24(14)33-5/h10,13,19-21,28,30H,8-9,11-12H2,1-7H3/t19?,20-,21-/m0/s1. The monoisotopic (exact) mass is 484 g/mol. The summed E-state index contributed by atoms with van der Waals surface area (Å²) in [4.78, 5) is 16.0. The molecule has 8 heteroatoms. The predicted octanol–water partition coefficient (Wildman–Crippen LogP) is 3.03. The summed E-state index contributed by atoms with van der Waals surface area (Å²) in [6.45, 7) is 3.90. The molecule has 4 rings (SSSR count). The summed E-state index contributed by atoms with van der Waals surface area (Å²) in [6, 6.07) is 3.09. The number of carbonyl (C=O) groups excluding carboxylic acids is 1. The van der Waals surface area contributed by atoms with Gasteiger partial charge in [-0.3, -0.25) is 4.79 Å². The summed E-state index contributed by atoms with van der Waals surface area (Å²) >= 11 is 0. The van der Waals surface area contributed by atoms with Gasteiger partial charge in [0.05, 0.1) is 46.6 Å². The molecule has 2 aliphatic rings. The van der Waals surface area contributed by atoms with Gasteiger partial charge in [0.15, 0.2) is 11.5 Å². The van der Waals surface area contributed by atoms with Gasteiger partial charge in [-0.1, -0.05) is 6.07 Å². The summed E-state index contributed by atoms with van der Waals surface area (Å²) in [5.74, 6) is 2.74. The number of nitrogens with zero attached hydrogens (tertiary/aromatic N) is 1. The quantitative estimate of drug-likeness (QED) is 0.624. The molecule has 2 aromatic carbocycles. The molecule has 2 aliphatic heterocycles. The predicted molar refractivity (Wildman–Crippen MR) is 133 cm³/mol. The van der Waals surface area contributed by atoms with E-state index in [1.165, 1.54) is 0 Å². The number of rotatable bonds is 7. The molecule has 8 nitrogen and oxygen atoms in total. The number of nitrogens with one attached hydrogen (secondary N) is 1. The van der Waals surface area contributed by atoms with E-state index in [0.29, 0.717) is 30.8 Å². The molecule has 1 unspecified atom stereocenters. The second-order valence-corrected chi connectivity index (χ2v) is 9.18. The van der Waals surface area contributed by atoms with E-state index in [4.69, 9.17) is 18.9 Å². The molecule has 0 bridgehead atoms. The minimum absolute atomic E-state index is 0.0157. The fraction of sp³-hybridized carbons (Fsp3) is 0.519. The highest BCUT2D eigenvalue weighted by atomic mass is 16.5. The van der Waals surface area contributed by atoms with Crippen molar-refractivity contribution in [1.29, 1.82) is 0 Å². The van der Waals surface area contributed by atoms with Crippen LogP contribution >= 0.6 is 0 Å². The van der Waals surface area contributed by atoms with Gasteiger partial charge < -0.3 is 34.3 Å². The highest BCUT2D eigenvalue weighted by Gasteiger charge is 2.46. The highest BCUT2D eigenvalue weighted by molar-refractivity contribution is 5.85. The van der Waals surface area contributed by atoms with Crippen LogP contribution in [0.1, 0.15) is 51.9 Å². The van der Waals surface area contributed by atoms with Crippen molar-refractivity contribution in [3.63, 3.8) is 0 Å². The Morgan fingerprint density at radius 3 is 2.26 bits per heavy atom. The lowest BCUT2D eigenvalue weighted by atomic mass is 9.81. The zero-order chi connectivity index (χ0) is 25.4. The van der Waals surface area contributed by atoms with Crippen molar-refractivity contribution in [1.82, 2.24) is 10.2 Å². The number of fused-ring (bicyclic) bond motifs is 4. The molecule has 0 saturated heterocycles. The Morgan fingerprint density at radius 2 is 1.69 bits per heavy atom. The zero-order valence-corrected chi connectivity index (χ0v) is 21.7. The van der Waals surface area contributed by atoms with Crippen LogP contribution in [0, 0.1) is 13.8 Å². The maximum atomic E-state index is 14.1. The molecule has 190 valence electrons. The Bertz CT molecular complexity index is 1130. The highest BCUT2D eigenvalue weighted by Crippen LogP contribution is 2.52. The van der Waals surface area contributed by atoms with Crippen molar-refractivity contribution in [3.8, 4) is 23.0 Å². The third kappa shape index (κ3) is 3.89. The van der Waals surface area contributed by atoms with Crippen LogP contribution in [0.3, 0.4) is 0 Å². The van der Waals surface area contributed by atoms with Gasteiger partial charge in [0, 0.05) is 29.7 Å². The number of aryl methyl sites for hydroxylation is 1. The normalized spacial score (nSPS) is 21.0. The van der Waals surface area contributed by atoms with Crippen LogP contribution in [0.5, 0.6) is 23.0 Å². The number of aliphatic hydroxyl groups excluding tert-OH is 1. The fourth-order valence-corrected chi connectivity index (χ4v) is 5.98. The van der Waals surface area contributed by atoms with E-state index in [1.807, 2.05) is 24.8 Å². The van der Waals surface area contributed by atoms with Crippen LogP contribution in [-0.4, -0.2) is 64.0 Å². The maximum Gasteiger partial charge on any atom is 0.241 e. The molecule has 0 spiro atoms. The molecule has 35 heavy (non-hydrogen) atoms. The van der Waals surface area contributed by atoms with Crippen LogP contribution in [0.4, 0.5) is 0 Å². The Morgan fingerprint density at radius 1 is 1.00 bits per heavy atom. The van der Waals surface area contributed by atoms with Crippen molar-refractivity contribution in [2.75, 3.05) is 42.1 Å². The first-order valence-corrected chi connectivity index (χ1v) is 12.0. The molecular weight excluding hydrogens is 448 g/mol. The Hall–Kier alpha value is -2.97. The Kier molecular flexibility index (Phi) is 7.15. The summed E-state index contributed by atoms with van der Waals surface area (Å²) in [5, 5.41) is 13.3. The number of amides is 1. The molecule has 3 atom stereocenters. The SMILES string of the molecule is CNC1Cc2c(cc(OC)c(C)c2OC)[C@@H]2Cc3cc(C)c(OC)c(OC)c3[C@H](CCO)N2C1=O. The first-order chi connectivity index (χ1) is 16.9. The first-order valence-electron chi connectivity index (χ1n) is 12.0. The molecule has 2 heterocycles. The molecule has 1 amide bonds. The third-order valence-electron chi connectivity index (χ3n) is 7.49. The number of hydrogen-bond donors (Lipinski definition) is 2. The number of aliphatic hydroxyl groups is 1. The topological polar surface area (TPSA) is 89.5 Å². The number of hydrogen-bond acceptors (Lipinski definition) is 7. The van der Waals surface area contributed by atoms with Crippen molar-refractivity contribution >= 4 is 5.91 Å². The lowest BCUT2D eigenvalue weighted by molar-refractivity contribution is -0.139. The van der Waals surface area contributed by atoms with Gasteiger partial charge in [-0.2, -0.15) is 0 Å². The van der Waals surface area contributed by atoms with E-state index in [9.17, 15) is 9.90 Å². The maximum absolute atomic E-state index is 14.1. The van der Waals surface area contributed by atoms with Crippen LogP contribution < -0.4 is 24.3 Å². The van der Waals surface area contributed by atoms with E-state index in [-0.39, 0.29) is 24.6 Å². The van der Waals surface area contributed by atoms with E-state index in [1.54, 1.807) is 35.5 Å². The number of methoxy groups -OCH3 is 4. The Labute approximate surface area is 207 Å². The van der Waals surface area contributed by atoms with E-state index in [0.717, 1.165) is 44.9 Å². The molecular formula is C27H36N2O6. The van der Waals surface area contributed by atoms with Gasteiger partial charge in [-0.15, -0.1) is 0 Å². The lowest BCUT2D eigenvalue weighted by Gasteiger charge is -2.44. The smallest absolute Gasteiger partial charge is 0.241 e. The van der Waals surface area contributed by atoms with Crippen molar-refractivity contribution in [2.45, 2.75) is 51.2 Å². The second kappa shape index (κ2) is 9.95. The molecule has 0 radical (unpaired) electrons. The third-order valence-corrected chi connectivity index (χ3v) is 7.49. The first kappa shape index (κ1) is 25.1. The lowest BCUT2D eigenvalue weighted by Crippen LogP contribution is -2.49. The average Bonchev–Trinajstić information content (AvgIpc) is 2.96. The number of benzene rings is 2. The zero-order valence-electron chi connectivity index (χ0n) is 21.7. The van der Waals surface area contributed by atoms with Crippen molar-refractivity contribution < 1.29 is 28.8 Å². The number of likely N-dealkylation sites (N-methyl/N-ethyl adjacent to an activating group) is 1. The van der Waals surface area contributed by atoms with Crippen molar-refractivity contribution in [2.24, 2.45) is 0 Å². The van der Waals surface area contributed by atoms with E-state index < -0.39 is 6.04 Å². The summed E-state index contributed by atoms with van der Waals surface area (Å²) in [5.41, 5.74) is 5.88. The molecule has 2 aromatic rings. The van der Waals surface area contributed by atoms with E-state index in [2.05, 4.69) is 11.4 Å². The molecule has 0 aliphatic carbocycles. The van der Waals surface area contributed by atoms with Gasteiger partial charge in [-0.05, 0) is 56.5 Å². The molecule has 0 saturated carbocycles. The number of carbonyl (C=O) groups is 1.